The van der Waals surface area contributed by atoms with E-state index in [0.29, 0.717) is 60.7 Å². The maximum atomic E-state index is 13.8. The topological polar surface area (TPSA) is 106 Å². The molecule has 11 nitrogen and oxygen atoms in total. The number of alkyl halides is 1. The number of ether oxygens (including phenoxy) is 3. The van der Waals surface area contributed by atoms with Crippen LogP contribution in [0.25, 0.3) is 32.8 Å². The zero-order valence-electron chi connectivity index (χ0n) is 35.2. The number of halogens is 3. The molecule has 0 N–H and O–H groups in total. The molecule has 318 valence electrons. The summed E-state index contributed by atoms with van der Waals surface area (Å²) in [5, 5.41) is 14.1. The van der Waals surface area contributed by atoms with Crippen molar-refractivity contribution in [3.05, 3.63) is 134 Å². The first-order valence-electron chi connectivity index (χ1n) is 20.2. The average molecular weight is 973 g/mol. The third-order valence-corrected chi connectivity index (χ3v) is 12.4. The summed E-state index contributed by atoms with van der Waals surface area (Å²) < 4.78 is 24.4. The minimum atomic E-state index is -0.396. The molecular formula is C47H49Br2ClN6O5. The normalized spacial score (nSPS) is 11.6. The number of esters is 2. The molecule has 0 saturated heterocycles. The zero-order chi connectivity index (χ0) is 43.4. The van der Waals surface area contributed by atoms with E-state index in [0.717, 1.165) is 76.9 Å². The molecule has 0 unspecified atom stereocenters. The van der Waals surface area contributed by atoms with Crippen LogP contribution in [-0.4, -0.2) is 67.3 Å². The van der Waals surface area contributed by atoms with Crippen LogP contribution in [0.15, 0.2) is 83.3 Å². The first-order valence-corrected chi connectivity index (χ1v) is 22.5. The summed E-state index contributed by atoms with van der Waals surface area (Å²) in [5.41, 5.74) is 9.03. The van der Waals surface area contributed by atoms with Gasteiger partial charge in [0.25, 0.3) is 0 Å². The number of aromatic nitrogens is 5. The van der Waals surface area contributed by atoms with E-state index >= 15 is 0 Å². The molecule has 0 amide bonds. The lowest BCUT2D eigenvalue weighted by molar-refractivity contribution is 0.0451. The predicted octanol–water partition coefficient (Wildman–Crippen LogP) is 10.4. The van der Waals surface area contributed by atoms with Crippen molar-refractivity contribution in [1.29, 1.82) is 0 Å². The highest BCUT2D eigenvalue weighted by atomic mass is 79.9. The van der Waals surface area contributed by atoms with E-state index in [1.807, 2.05) is 85.3 Å². The molecule has 0 aliphatic heterocycles. The van der Waals surface area contributed by atoms with E-state index in [2.05, 4.69) is 74.0 Å². The van der Waals surface area contributed by atoms with Crippen molar-refractivity contribution in [3.8, 4) is 16.9 Å². The molecule has 7 aromatic rings. The smallest absolute Gasteiger partial charge is 0.355 e. The summed E-state index contributed by atoms with van der Waals surface area (Å²) in [6, 6.07) is 25.5. The molecule has 3 heterocycles. The quantitative estimate of drug-likeness (QED) is 0.0505. The number of carbonyl (C=O) groups is 2. The molecule has 0 fully saturated rings. The Kier molecular flexibility index (Phi) is 14.0. The Balaban J connectivity index is 1.22. The molecule has 7 rings (SSSR count). The van der Waals surface area contributed by atoms with Crippen LogP contribution in [0.2, 0.25) is 5.02 Å². The molecular weight excluding hydrogens is 924 g/mol. The van der Waals surface area contributed by atoms with Gasteiger partial charge in [0.1, 0.15) is 18.1 Å². The first-order chi connectivity index (χ1) is 29.4. The lowest BCUT2D eigenvalue weighted by Gasteiger charge is -2.21. The molecule has 0 aliphatic rings. The Labute approximate surface area is 377 Å². The number of rotatable bonds is 17. The van der Waals surface area contributed by atoms with Crippen LogP contribution in [0, 0.1) is 13.8 Å². The van der Waals surface area contributed by atoms with Crippen molar-refractivity contribution < 1.29 is 23.8 Å². The largest absolute Gasteiger partial charge is 0.493 e. The third-order valence-electron chi connectivity index (χ3n) is 11.0. The van der Waals surface area contributed by atoms with Crippen molar-refractivity contribution in [2.75, 3.05) is 26.4 Å². The van der Waals surface area contributed by atoms with Gasteiger partial charge in [-0.15, -0.1) is 0 Å². The van der Waals surface area contributed by atoms with Gasteiger partial charge in [-0.25, -0.2) is 9.59 Å². The molecule has 3 aromatic heterocycles. The van der Waals surface area contributed by atoms with Crippen molar-refractivity contribution in [2.45, 2.75) is 52.0 Å². The van der Waals surface area contributed by atoms with Gasteiger partial charge in [-0.2, -0.15) is 10.2 Å². The van der Waals surface area contributed by atoms with Crippen LogP contribution in [0.1, 0.15) is 68.1 Å². The Morgan fingerprint density at radius 1 is 0.836 bits per heavy atom. The van der Waals surface area contributed by atoms with Gasteiger partial charge in [-0.3, -0.25) is 14.3 Å². The molecule has 0 atom stereocenters. The molecule has 0 saturated carbocycles. The van der Waals surface area contributed by atoms with Gasteiger partial charge in [0.2, 0.25) is 0 Å². The summed E-state index contributed by atoms with van der Waals surface area (Å²) in [7, 11) is 5.73. The summed E-state index contributed by atoms with van der Waals surface area (Å²) >= 11 is 14.2. The van der Waals surface area contributed by atoms with Crippen molar-refractivity contribution in [3.63, 3.8) is 0 Å². The van der Waals surface area contributed by atoms with Gasteiger partial charge in [0.05, 0.1) is 40.7 Å². The lowest BCUT2D eigenvalue weighted by atomic mass is 9.97. The van der Waals surface area contributed by atoms with E-state index in [4.69, 9.17) is 36.0 Å². The number of aryl methyl sites for hydroxylation is 5. The van der Waals surface area contributed by atoms with Gasteiger partial charge in [0, 0.05) is 83.9 Å². The van der Waals surface area contributed by atoms with E-state index in [-0.39, 0.29) is 13.2 Å². The zero-order valence-corrected chi connectivity index (χ0v) is 39.2. The molecule has 0 aliphatic carbocycles. The molecule has 0 radical (unpaired) electrons. The van der Waals surface area contributed by atoms with Gasteiger partial charge < -0.3 is 18.8 Å². The van der Waals surface area contributed by atoms with E-state index in [1.165, 1.54) is 0 Å². The molecule has 61 heavy (non-hydrogen) atoms. The second kappa shape index (κ2) is 19.4. The van der Waals surface area contributed by atoms with E-state index in [1.54, 1.807) is 12.1 Å². The fourth-order valence-corrected chi connectivity index (χ4v) is 9.03. The Morgan fingerprint density at radius 2 is 1.61 bits per heavy atom. The average Bonchev–Trinajstić information content (AvgIpc) is 3.84. The van der Waals surface area contributed by atoms with Crippen LogP contribution in [0.5, 0.6) is 5.75 Å². The molecule has 0 bridgehead atoms. The highest BCUT2D eigenvalue weighted by molar-refractivity contribution is 9.10. The fourth-order valence-electron chi connectivity index (χ4n) is 8.00. The molecule has 14 heteroatoms. The minimum Gasteiger partial charge on any atom is -0.493 e. The van der Waals surface area contributed by atoms with E-state index in [9.17, 15) is 9.59 Å². The van der Waals surface area contributed by atoms with Gasteiger partial charge in [-0.05, 0) is 92.6 Å². The Hall–Kier alpha value is -4.95. The summed E-state index contributed by atoms with van der Waals surface area (Å²) in [5.74, 6) is 0.0529. The standard InChI is InChI=1S/C47H49Br2ClN6O5/c1-7-59-47(58)45-37(13-10-21-60-41-24-29(2)23-32-11-8-9-12-36(32)41)38-18-19-39(50)43(44(38)53(45)4)42-30(3)54(5)52-40(42)28-56(27-34-25-35(26-48)55(6)51-34)20-22-61-46(57)31-14-16-33(49)17-15-31/h8-9,11-12,14-19,23-25H,7,10,13,20-22,26-28H2,1-6H3. The number of fused-ring (bicyclic) bond motifs is 2. The molecule has 4 aromatic carbocycles. The predicted molar refractivity (Wildman–Crippen MR) is 248 cm³/mol. The van der Waals surface area contributed by atoms with Gasteiger partial charge in [-0.1, -0.05) is 79.9 Å². The summed E-state index contributed by atoms with van der Waals surface area (Å²) in [6.07, 6.45) is 1.23. The minimum absolute atomic E-state index is 0.151. The van der Waals surface area contributed by atoms with Crippen molar-refractivity contribution in [1.82, 2.24) is 29.0 Å². The maximum absolute atomic E-state index is 13.8. The SMILES string of the molecule is CCOC(=O)c1c(CCCOc2cc(C)cc3ccccc23)c2ccc(Cl)c(-c3c(CN(CCOC(=O)c4ccc(Br)cc4)Cc4cc(CBr)n(C)n4)nn(C)c3C)c2n1C. The van der Waals surface area contributed by atoms with Crippen molar-refractivity contribution in [2.24, 2.45) is 21.1 Å². The lowest BCUT2D eigenvalue weighted by Crippen LogP contribution is -2.28. The van der Waals surface area contributed by atoms with Crippen LogP contribution in [0.4, 0.5) is 0 Å². The number of hydrogen-bond donors (Lipinski definition) is 0. The summed E-state index contributed by atoms with van der Waals surface area (Å²) in [4.78, 5) is 29.0. The highest BCUT2D eigenvalue weighted by Crippen LogP contribution is 2.42. The molecule has 0 spiro atoms. The monoisotopic (exact) mass is 970 g/mol. The number of nitrogens with zero attached hydrogens (tertiary/aromatic N) is 6. The first kappa shape index (κ1) is 44.1. The second-order valence-corrected chi connectivity index (χ2v) is 17.0. The van der Waals surface area contributed by atoms with Gasteiger partial charge >= 0.3 is 11.9 Å². The second-order valence-electron chi connectivity index (χ2n) is 15.1. The van der Waals surface area contributed by atoms with Gasteiger partial charge in [0.15, 0.2) is 0 Å². The van der Waals surface area contributed by atoms with E-state index < -0.39 is 11.9 Å². The van der Waals surface area contributed by atoms with Crippen LogP contribution >= 0.6 is 43.5 Å². The number of hydrogen-bond acceptors (Lipinski definition) is 8. The Bertz CT molecular complexity index is 2720. The van der Waals surface area contributed by atoms with Crippen LogP contribution in [-0.2, 0) is 55.5 Å². The fraction of sp³-hybridized carbons (Fsp3) is 0.319. The summed E-state index contributed by atoms with van der Waals surface area (Å²) in [6.45, 7) is 8.04. The Morgan fingerprint density at radius 3 is 2.34 bits per heavy atom. The van der Waals surface area contributed by atoms with Crippen LogP contribution in [0.3, 0.4) is 0 Å². The third kappa shape index (κ3) is 9.60. The number of carbonyl (C=O) groups excluding carboxylic acids is 2. The highest BCUT2D eigenvalue weighted by Gasteiger charge is 2.29. The maximum Gasteiger partial charge on any atom is 0.355 e. The van der Waals surface area contributed by atoms with Crippen molar-refractivity contribution >= 4 is 77.1 Å². The van der Waals surface area contributed by atoms with Crippen LogP contribution < -0.4 is 4.74 Å². The number of benzene rings is 4.